The van der Waals surface area contributed by atoms with Gasteiger partial charge < -0.3 is 9.30 Å². The Morgan fingerprint density at radius 1 is 1.45 bits per heavy atom. The summed E-state index contributed by atoms with van der Waals surface area (Å²) in [4.78, 5) is 18.5. The molecule has 2 aromatic heterocycles. The molecule has 1 aliphatic rings. The van der Waals surface area contributed by atoms with E-state index in [2.05, 4.69) is 27.7 Å². The number of hydrogen-bond acceptors (Lipinski definition) is 2. The van der Waals surface area contributed by atoms with Crippen LogP contribution in [0.3, 0.4) is 0 Å². The molecule has 106 valence electrons. The maximum absolute atomic E-state index is 11.9. The van der Waals surface area contributed by atoms with Crippen LogP contribution in [0.4, 0.5) is 0 Å². The molecule has 0 radical (unpaired) electrons. The van der Waals surface area contributed by atoms with E-state index in [0.29, 0.717) is 12.3 Å². The van der Waals surface area contributed by atoms with Crippen LogP contribution in [0.25, 0.3) is 5.65 Å². The quantitative estimate of drug-likeness (QED) is 0.842. The lowest BCUT2D eigenvalue weighted by molar-refractivity contribution is -0.132. The lowest BCUT2D eigenvalue weighted by atomic mass is 9.94. The number of aryl methyl sites for hydroxylation is 1. The molecule has 0 aliphatic carbocycles. The van der Waals surface area contributed by atoms with Gasteiger partial charge in [-0.2, -0.15) is 0 Å². The summed E-state index contributed by atoms with van der Waals surface area (Å²) in [6.45, 7) is 5.70. The number of nitrogens with zero attached hydrogens (tertiary/aromatic N) is 3. The Bertz CT molecular complexity index is 632. The molecule has 1 fully saturated rings. The fourth-order valence-corrected chi connectivity index (χ4v) is 3.16. The minimum Gasteiger partial charge on any atom is -0.342 e. The van der Waals surface area contributed by atoms with Gasteiger partial charge in [0.2, 0.25) is 5.91 Å². The van der Waals surface area contributed by atoms with Gasteiger partial charge >= 0.3 is 0 Å². The molecular weight excluding hydrogens is 250 g/mol. The number of amides is 1. The molecule has 1 atom stereocenters. The Morgan fingerprint density at radius 2 is 2.30 bits per heavy atom. The number of hydrogen-bond donors (Lipinski definition) is 0. The molecule has 2 aromatic rings. The van der Waals surface area contributed by atoms with Crippen LogP contribution >= 0.6 is 0 Å². The van der Waals surface area contributed by atoms with E-state index in [4.69, 9.17) is 0 Å². The molecule has 0 saturated carbocycles. The van der Waals surface area contributed by atoms with Gasteiger partial charge in [0.05, 0.1) is 5.69 Å². The lowest BCUT2D eigenvalue weighted by Crippen LogP contribution is -2.39. The van der Waals surface area contributed by atoms with Gasteiger partial charge in [-0.15, -0.1) is 0 Å². The predicted molar refractivity (Wildman–Crippen MR) is 78.8 cm³/mol. The number of likely N-dealkylation sites (tertiary alicyclic amines) is 1. The van der Waals surface area contributed by atoms with E-state index in [1.807, 2.05) is 24.8 Å². The smallest absolute Gasteiger partial charge is 0.222 e. The first-order valence-electron chi connectivity index (χ1n) is 7.41. The van der Waals surface area contributed by atoms with Crippen LogP contribution in [-0.2, 0) is 4.79 Å². The normalized spacial score (nSPS) is 19.5. The zero-order valence-electron chi connectivity index (χ0n) is 12.2. The molecule has 20 heavy (non-hydrogen) atoms. The van der Waals surface area contributed by atoms with Crippen molar-refractivity contribution in [1.29, 1.82) is 0 Å². The van der Waals surface area contributed by atoms with Crippen molar-refractivity contribution in [3.8, 4) is 0 Å². The van der Waals surface area contributed by atoms with Crippen molar-refractivity contribution in [3.63, 3.8) is 0 Å². The van der Waals surface area contributed by atoms with Gasteiger partial charge in [0.15, 0.2) is 0 Å². The number of pyridine rings is 1. The molecule has 4 nitrogen and oxygen atoms in total. The summed E-state index contributed by atoms with van der Waals surface area (Å²) in [7, 11) is 0. The van der Waals surface area contributed by atoms with Gasteiger partial charge in [-0.25, -0.2) is 4.98 Å². The highest BCUT2D eigenvalue weighted by molar-refractivity contribution is 5.76. The van der Waals surface area contributed by atoms with Crippen LogP contribution < -0.4 is 0 Å². The Morgan fingerprint density at radius 3 is 3.10 bits per heavy atom. The van der Waals surface area contributed by atoms with Gasteiger partial charge in [0.1, 0.15) is 5.65 Å². The van der Waals surface area contributed by atoms with E-state index in [9.17, 15) is 4.79 Å². The molecule has 1 amide bonds. The molecular formula is C16H21N3O. The van der Waals surface area contributed by atoms with Crippen LogP contribution in [0.1, 0.15) is 43.5 Å². The highest BCUT2D eigenvalue weighted by Gasteiger charge is 2.25. The Labute approximate surface area is 119 Å². The second-order valence-electron chi connectivity index (χ2n) is 5.59. The van der Waals surface area contributed by atoms with E-state index >= 15 is 0 Å². The predicted octanol–water partition coefficient (Wildman–Crippen LogP) is 2.76. The minimum absolute atomic E-state index is 0.267. The standard InChI is InChI=1S/C16H21N3O/c1-3-16(20)18-9-5-6-13(11-18)14-7-4-8-15-17-12(2)10-19(14)15/h4,7-8,10,13H,3,5-6,9,11H2,1-2H3. The summed E-state index contributed by atoms with van der Waals surface area (Å²) < 4.78 is 2.18. The minimum atomic E-state index is 0.267. The molecule has 3 rings (SSSR count). The van der Waals surface area contributed by atoms with Crippen molar-refractivity contribution in [1.82, 2.24) is 14.3 Å². The summed E-state index contributed by atoms with van der Waals surface area (Å²) in [5.74, 6) is 0.681. The van der Waals surface area contributed by atoms with Crippen LogP contribution in [0.2, 0.25) is 0 Å². The lowest BCUT2D eigenvalue weighted by Gasteiger charge is -2.33. The van der Waals surface area contributed by atoms with Gasteiger partial charge in [0.25, 0.3) is 0 Å². The van der Waals surface area contributed by atoms with Crippen molar-refractivity contribution in [2.24, 2.45) is 0 Å². The molecule has 1 unspecified atom stereocenters. The van der Waals surface area contributed by atoms with Crippen molar-refractivity contribution in [2.75, 3.05) is 13.1 Å². The molecule has 0 N–H and O–H groups in total. The summed E-state index contributed by atoms with van der Waals surface area (Å²) in [5.41, 5.74) is 3.31. The van der Waals surface area contributed by atoms with Crippen molar-refractivity contribution in [2.45, 2.75) is 39.0 Å². The van der Waals surface area contributed by atoms with E-state index in [1.165, 1.54) is 5.69 Å². The first-order chi connectivity index (χ1) is 9.69. The van der Waals surface area contributed by atoms with E-state index in [-0.39, 0.29) is 5.91 Å². The van der Waals surface area contributed by atoms with Crippen molar-refractivity contribution >= 4 is 11.6 Å². The third-order valence-corrected chi connectivity index (χ3v) is 4.14. The van der Waals surface area contributed by atoms with E-state index < -0.39 is 0 Å². The zero-order valence-corrected chi connectivity index (χ0v) is 12.2. The fourth-order valence-electron chi connectivity index (χ4n) is 3.16. The Balaban J connectivity index is 1.92. The third kappa shape index (κ3) is 2.30. The monoisotopic (exact) mass is 271 g/mol. The summed E-state index contributed by atoms with van der Waals surface area (Å²) in [5, 5.41) is 0. The van der Waals surface area contributed by atoms with Crippen LogP contribution in [0.5, 0.6) is 0 Å². The molecule has 0 bridgehead atoms. The van der Waals surface area contributed by atoms with Crippen LogP contribution in [0, 0.1) is 6.92 Å². The Hall–Kier alpha value is -1.84. The van der Waals surface area contributed by atoms with Gasteiger partial charge in [0, 0.05) is 37.3 Å². The third-order valence-electron chi connectivity index (χ3n) is 4.14. The molecule has 4 heteroatoms. The van der Waals surface area contributed by atoms with Crippen LogP contribution in [-0.4, -0.2) is 33.3 Å². The number of rotatable bonds is 2. The van der Waals surface area contributed by atoms with Gasteiger partial charge in [-0.3, -0.25) is 4.79 Å². The maximum Gasteiger partial charge on any atom is 0.222 e. The number of fused-ring (bicyclic) bond motifs is 1. The molecule has 0 spiro atoms. The summed E-state index contributed by atoms with van der Waals surface area (Å²) in [6, 6.07) is 6.27. The first-order valence-corrected chi connectivity index (χ1v) is 7.41. The number of carbonyl (C=O) groups is 1. The highest BCUT2D eigenvalue weighted by Crippen LogP contribution is 2.28. The Kier molecular flexibility index (Phi) is 3.47. The van der Waals surface area contributed by atoms with Crippen molar-refractivity contribution in [3.05, 3.63) is 35.8 Å². The average Bonchev–Trinajstić information content (AvgIpc) is 2.86. The second kappa shape index (κ2) is 5.27. The average molecular weight is 271 g/mol. The number of piperidine rings is 1. The summed E-state index contributed by atoms with van der Waals surface area (Å²) in [6.07, 6.45) is 4.91. The SMILES string of the molecule is CCC(=O)N1CCCC(c2cccc3nc(C)cn23)C1. The van der Waals surface area contributed by atoms with E-state index in [1.54, 1.807) is 0 Å². The van der Waals surface area contributed by atoms with Crippen LogP contribution in [0.15, 0.2) is 24.4 Å². The maximum atomic E-state index is 11.9. The molecule has 3 heterocycles. The van der Waals surface area contributed by atoms with Gasteiger partial charge in [-0.05, 0) is 31.9 Å². The highest BCUT2D eigenvalue weighted by atomic mass is 16.2. The molecule has 1 aliphatic heterocycles. The molecule has 1 saturated heterocycles. The topological polar surface area (TPSA) is 37.6 Å². The number of aromatic nitrogens is 2. The van der Waals surface area contributed by atoms with E-state index in [0.717, 1.165) is 37.3 Å². The zero-order chi connectivity index (χ0) is 14.1. The van der Waals surface area contributed by atoms with Crippen molar-refractivity contribution < 1.29 is 4.79 Å². The molecule has 0 aromatic carbocycles. The number of imidazole rings is 1. The second-order valence-corrected chi connectivity index (χ2v) is 5.59. The fraction of sp³-hybridized carbons (Fsp3) is 0.500. The largest absolute Gasteiger partial charge is 0.342 e. The summed E-state index contributed by atoms with van der Waals surface area (Å²) >= 11 is 0. The number of carbonyl (C=O) groups excluding carboxylic acids is 1. The first kappa shape index (κ1) is 13.2. The van der Waals surface area contributed by atoms with Gasteiger partial charge in [-0.1, -0.05) is 13.0 Å².